The lowest BCUT2D eigenvalue weighted by molar-refractivity contribution is -0.181. The third kappa shape index (κ3) is 6.86. The molecule has 14 nitrogen and oxygen atoms in total. The Morgan fingerprint density at radius 3 is 1.96 bits per heavy atom. The van der Waals surface area contributed by atoms with E-state index in [4.69, 9.17) is 14.2 Å². The summed E-state index contributed by atoms with van der Waals surface area (Å²) in [6, 6.07) is 20.2. The number of benzene rings is 3. The summed E-state index contributed by atoms with van der Waals surface area (Å²) in [7, 11) is 0. The molecule has 55 heavy (non-hydrogen) atoms. The van der Waals surface area contributed by atoms with Gasteiger partial charge in [-0.1, -0.05) is 72.8 Å². The number of amides is 4. The smallest absolute Gasteiger partial charge is 0.408 e. The van der Waals surface area contributed by atoms with Gasteiger partial charge in [0.2, 0.25) is 18.6 Å². The zero-order valence-corrected chi connectivity index (χ0v) is 32.1. The SMILES string of the molecule is CC1(C)S[C@@H]2[C@H](NC(=O)C(NC(=O)OCc3ccccc3)(c3ccccc3)c3ccc(O)cc3)C(=O)N2[C@H]1C(=O)OCOC(=O)[C@@H]1N2C(=O)C[C@H]2SC1(C)C. The summed E-state index contributed by atoms with van der Waals surface area (Å²) in [5.41, 5.74) is -0.583. The molecule has 3 aromatic carbocycles. The number of thioether (sulfide) groups is 2. The molecule has 0 aromatic heterocycles. The van der Waals surface area contributed by atoms with E-state index in [1.165, 1.54) is 57.6 Å². The first-order chi connectivity index (χ1) is 26.1. The van der Waals surface area contributed by atoms with Gasteiger partial charge in [-0.3, -0.25) is 19.7 Å². The second-order valence-corrected chi connectivity index (χ2v) is 18.3. The molecule has 1 unspecified atom stereocenters. The first-order valence-corrected chi connectivity index (χ1v) is 19.4. The number of carbonyl (C=O) groups excluding carboxylic acids is 6. The number of fused-ring (bicyclic) bond motifs is 2. The summed E-state index contributed by atoms with van der Waals surface area (Å²) in [5.74, 6) is -3.00. The van der Waals surface area contributed by atoms with Crippen molar-refractivity contribution in [2.24, 2.45) is 0 Å². The predicted octanol–water partition coefficient (Wildman–Crippen LogP) is 3.61. The Labute approximate surface area is 325 Å². The van der Waals surface area contributed by atoms with E-state index in [1.54, 1.807) is 68.4 Å². The molecule has 4 heterocycles. The van der Waals surface area contributed by atoms with Crippen LogP contribution < -0.4 is 10.6 Å². The minimum atomic E-state index is -1.93. The maximum Gasteiger partial charge on any atom is 0.408 e. The van der Waals surface area contributed by atoms with Gasteiger partial charge in [0.1, 0.15) is 35.9 Å². The number of hydrogen-bond acceptors (Lipinski definition) is 12. The van der Waals surface area contributed by atoms with Crippen molar-refractivity contribution in [1.29, 1.82) is 0 Å². The van der Waals surface area contributed by atoms with Crippen LogP contribution >= 0.6 is 23.5 Å². The van der Waals surface area contributed by atoms with Gasteiger partial charge in [0.25, 0.3) is 5.91 Å². The van der Waals surface area contributed by atoms with Crippen LogP contribution in [0.4, 0.5) is 4.79 Å². The highest BCUT2D eigenvalue weighted by molar-refractivity contribution is 8.02. The van der Waals surface area contributed by atoms with E-state index < -0.39 is 75.2 Å². The third-order valence-electron chi connectivity index (χ3n) is 10.3. The van der Waals surface area contributed by atoms with Crippen LogP contribution in [0.5, 0.6) is 5.75 Å². The Kier molecular flexibility index (Phi) is 10.0. The Balaban J connectivity index is 1.07. The number of ether oxygens (including phenoxy) is 3. The molecule has 4 aliphatic rings. The first-order valence-electron chi connectivity index (χ1n) is 17.6. The minimum absolute atomic E-state index is 0.0684. The summed E-state index contributed by atoms with van der Waals surface area (Å²) in [4.78, 5) is 83.7. The van der Waals surface area contributed by atoms with Crippen molar-refractivity contribution in [1.82, 2.24) is 20.4 Å². The average molecular weight is 789 g/mol. The number of nitrogens with zero attached hydrogens (tertiary/aromatic N) is 2. The molecule has 4 aliphatic heterocycles. The summed E-state index contributed by atoms with van der Waals surface area (Å²) in [5, 5.41) is 14.9. The van der Waals surface area contributed by atoms with Gasteiger partial charge in [-0.25, -0.2) is 14.4 Å². The highest BCUT2D eigenvalue weighted by Gasteiger charge is 2.65. The molecule has 0 aliphatic carbocycles. The summed E-state index contributed by atoms with van der Waals surface area (Å²) in [6.07, 6.45) is -0.556. The van der Waals surface area contributed by atoms with Crippen LogP contribution in [0.15, 0.2) is 84.9 Å². The molecule has 3 aromatic rings. The summed E-state index contributed by atoms with van der Waals surface area (Å²) < 4.78 is 14.8. The average Bonchev–Trinajstić information content (AvgIpc) is 3.55. The van der Waals surface area contributed by atoms with Gasteiger partial charge >= 0.3 is 18.0 Å². The fraction of sp³-hybridized carbons (Fsp3) is 0.385. The number of phenols is 1. The van der Waals surface area contributed by atoms with Crippen molar-refractivity contribution in [2.75, 3.05) is 6.79 Å². The zero-order valence-electron chi connectivity index (χ0n) is 30.4. The number of phenolic OH excluding ortho intramolecular Hbond substituents is 1. The Morgan fingerprint density at radius 1 is 0.782 bits per heavy atom. The number of hydrogen-bond donors (Lipinski definition) is 3. The highest BCUT2D eigenvalue weighted by Crippen LogP contribution is 2.52. The van der Waals surface area contributed by atoms with Gasteiger partial charge in [-0.05, 0) is 56.5 Å². The number of esters is 2. The van der Waals surface area contributed by atoms with Crippen LogP contribution in [-0.2, 0) is 50.3 Å². The predicted molar refractivity (Wildman–Crippen MR) is 201 cm³/mol. The molecule has 0 spiro atoms. The van der Waals surface area contributed by atoms with Crippen molar-refractivity contribution in [2.45, 2.75) is 84.6 Å². The van der Waals surface area contributed by atoms with Crippen LogP contribution in [0.25, 0.3) is 0 Å². The maximum absolute atomic E-state index is 14.7. The number of alkyl carbamates (subject to hydrolysis) is 1. The van der Waals surface area contributed by atoms with Gasteiger partial charge in [0, 0.05) is 9.49 Å². The van der Waals surface area contributed by atoms with Crippen LogP contribution in [-0.4, -0.2) is 95.8 Å². The molecule has 0 bridgehead atoms. The van der Waals surface area contributed by atoms with Crippen LogP contribution in [0.1, 0.15) is 50.8 Å². The molecule has 4 amide bonds. The molecule has 4 fully saturated rings. The lowest BCUT2D eigenvalue weighted by Gasteiger charge is -2.45. The Bertz CT molecular complexity index is 2020. The van der Waals surface area contributed by atoms with E-state index in [9.17, 15) is 33.9 Å². The molecule has 0 saturated carbocycles. The zero-order chi connectivity index (χ0) is 39.3. The normalized spacial score (nSPS) is 25.3. The molecule has 3 N–H and O–H groups in total. The fourth-order valence-corrected chi connectivity index (χ4v) is 10.8. The molecule has 4 saturated heterocycles. The summed E-state index contributed by atoms with van der Waals surface area (Å²) >= 11 is 2.81. The Hall–Kier alpha value is -5.22. The van der Waals surface area contributed by atoms with Crippen LogP contribution in [0.2, 0.25) is 0 Å². The van der Waals surface area contributed by atoms with Gasteiger partial charge in [0.05, 0.1) is 11.8 Å². The van der Waals surface area contributed by atoms with E-state index in [-0.39, 0.29) is 29.2 Å². The van der Waals surface area contributed by atoms with Crippen molar-refractivity contribution < 1.29 is 48.1 Å². The second-order valence-electron chi connectivity index (χ2n) is 14.7. The standard InChI is InChI=1S/C39H40N4O10S2/c1-37(2)29(42-26(45)19-27(42)54-37)33(47)52-21-53-34(48)30-38(3,4)55-32-28(31(46)43(30)32)40-35(49)39(23-13-9-6-10-14-23,24-15-17-25(44)18-16-24)41-36(50)51-20-22-11-7-5-8-12-22/h5-18,27-30,32,44H,19-21H2,1-4H3,(H,40,49)(H,41,50)/t27-,28-,29+,30+,32-,39?/m1/s1. The van der Waals surface area contributed by atoms with E-state index in [2.05, 4.69) is 10.6 Å². The van der Waals surface area contributed by atoms with E-state index >= 15 is 0 Å². The lowest BCUT2D eigenvalue weighted by Crippen LogP contribution is -2.72. The number of rotatable bonds is 11. The monoisotopic (exact) mass is 788 g/mol. The number of nitrogens with one attached hydrogen (secondary N) is 2. The van der Waals surface area contributed by atoms with Gasteiger partial charge < -0.3 is 34.4 Å². The quantitative estimate of drug-likeness (QED) is 0.146. The van der Waals surface area contributed by atoms with Crippen molar-refractivity contribution in [3.8, 4) is 5.75 Å². The molecular weight excluding hydrogens is 749 g/mol. The van der Waals surface area contributed by atoms with E-state index in [1.807, 2.05) is 19.9 Å². The number of carbonyl (C=O) groups is 6. The third-order valence-corrected chi connectivity index (χ3v) is 13.3. The molecule has 0 radical (unpaired) electrons. The highest BCUT2D eigenvalue weighted by atomic mass is 32.2. The van der Waals surface area contributed by atoms with Crippen molar-refractivity contribution in [3.63, 3.8) is 0 Å². The molecular formula is C39H40N4O10S2. The van der Waals surface area contributed by atoms with Crippen LogP contribution in [0, 0.1) is 0 Å². The Morgan fingerprint density at radius 2 is 1.35 bits per heavy atom. The first kappa shape index (κ1) is 38.1. The fourth-order valence-electron chi connectivity index (χ4n) is 7.58. The molecule has 7 rings (SSSR count). The second kappa shape index (κ2) is 14.5. The van der Waals surface area contributed by atoms with E-state index in [0.29, 0.717) is 12.0 Å². The molecule has 16 heteroatoms. The number of β-lactam (4-membered cyclic amide) rings is 2. The minimum Gasteiger partial charge on any atom is -0.508 e. The number of aromatic hydroxyl groups is 1. The van der Waals surface area contributed by atoms with E-state index in [0.717, 1.165) is 5.56 Å². The largest absolute Gasteiger partial charge is 0.508 e. The van der Waals surface area contributed by atoms with Crippen molar-refractivity contribution in [3.05, 3.63) is 102 Å². The van der Waals surface area contributed by atoms with Crippen LogP contribution in [0.3, 0.4) is 0 Å². The summed E-state index contributed by atoms with van der Waals surface area (Å²) in [6.45, 7) is 6.46. The topological polar surface area (TPSA) is 181 Å². The van der Waals surface area contributed by atoms with Gasteiger partial charge in [-0.15, -0.1) is 23.5 Å². The van der Waals surface area contributed by atoms with Crippen molar-refractivity contribution >= 4 is 59.3 Å². The van der Waals surface area contributed by atoms with Gasteiger partial charge in [-0.2, -0.15) is 0 Å². The maximum atomic E-state index is 14.7. The molecule has 288 valence electrons. The lowest BCUT2D eigenvalue weighted by atomic mass is 9.81. The van der Waals surface area contributed by atoms with Gasteiger partial charge in [0.15, 0.2) is 5.54 Å². The molecule has 6 atom stereocenters.